The van der Waals surface area contributed by atoms with Gasteiger partial charge in [0.05, 0.1) is 0 Å². The molecule has 2 aromatic carbocycles. The monoisotopic (exact) mass is 319 g/mol. The first-order valence-electron chi connectivity index (χ1n) is 7.10. The Bertz CT molecular complexity index is 645. The summed E-state index contributed by atoms with van der Waals surface area (Å²) in [5.74, 6) is -0.566. The Morgan fingerprint density at radius 1 is 0.909 bits per heavy atom. The summed E-state index contributed by atoms with van der Waals surface area (Å²) in [5.41, 5.74) is 3.97. The van der Waals surface area contributed by atoms with Crippen LogP contribution < -0.4 is 5.32 Å². The van der Waals surface area contributed by atoms with E-state index in [1.54, 1.807) is 0 Å². The summed E-state index contributed by atoms with van der Waals surface area (Å²) in [7, 11) is -0.511. The van der Waals surface area contributed by atoms with E-state index >= 15 is 0 Å². The standard InChI is InChI=1S/C17H22NO3P/c1-13-9-8-10-14(2)16(13)18-17(22(19,20-3)21-4)15-11-6-5-7-12-15/h5-12,17-18H,1-4H3. The van der Waals surface area contributed by atoms with Gasteiger partial charge in [0.25, 0.3) is 0 Å². The first-order valence-corrected chi connectivity index (χ1v) is 8.72. The number of benzene rings is 2. The molecule has 5 heteroatoms. The lowest BCUT2D eigenvalue weighted by Gasteiger charge is -2.28. The van der Waals surface area contributed by atoms with Crippen molar-refractivity contribution < 1.29 is 13.6 Å². The number of rotatable bonds is 6. The summed E-state index contributed by atoms with van der Waals surface area (Å²) >= 11 is 0. The average Bonchev–Trinajstić information content (AvgIpc) is 2.55. The van der Waals surface area contributed by atoms with Crippen LogP contribution in [0.5, 0.6) is 0 Å². The third-order valence-electron chi connectivity index (χ3n) is 3.70. The quantitative estimate of drug-likeness (QED) is 0.769. The first kappa shape index (κ1) is 16.8. The third-order valence-corrected chi connectivity index (χ3v) is 5.78. The topological polar surface area (TPSA) is 47.6 Å². The van der Waals surface area contributed by atoms with Crippen molar-refractivity contribution in [3.8, 4) is 0 Å². The predicted molar refractivity (Wildman–Crippen MR) is 90.3 cm³/mol. The van der Waals surface area contributed by atoms with Gasteiger partial charge in [0.15, 0.2) is 5.78 Å². The van der Waals surface area contributed by atoms with Crippen LogP contribution in [0.4, 0.5) is 5.69 Å². The van der Waals surface area contributed by atoms with Gasteiger partial charge in [-0.05, 0) is 30.5 Å². The molecule has 1 N–H and O–H groups in total. The Balaban J connectivity index is 2.48. The Morgan fingerprint density at radius 2 is 1.45 bits per heavy atom. The van der Waals surface area contributed by atoms with Crippen molar-refractivity contribution in [3.63, 3.8) is 0 Å². The number of aryl methyl sites for hydroxylation is 2. The van der Waals surface area contributed by atoms with Crippen molar-refractivity contribution in [2.24, 2.45) is 0 Å². The van der Waals surface area contributed by atoms with Gasteiger partial charge in [-0.15, -0.1) is 0 Å². The SMILES string of the molecule is COP(=O)(OC)C(Nc1c(C)cccc1C)c1ccccc1. The number of hydrogen-bond acceptors (Lipinski definition) is 4. The van der Waals surface area contributed by atoms with E-state index in [4.69, 9.17) is 9.05 Å². The summed E-state index contributed by atoms with van der Waals surface area (Å²) < 4.78 is 23.4. The van der Waals surface area contributed by atoms with Gasteiger partial charge in [-0.2, -0.15) is 0 Å². The zero-order valence-corrected chi connectivity index (χ0v) is 14.3. The maximum Gasteiger partial charge on any atom is 0.356 e. The lowest BCUT2D eigenvalue weighted by molar-refractivity contribution is 0.268. The largest absolute Gasteiger partial charge is 0.367 e. The Kier molecular flexibility index (Phi) is 5.41. The van der Waals surface area contributed by atoms with Crippen molar-refractivity contribution in [1.82, 2.24) is 0 Å². The molecule has 1 atom stereocenters. The number of hydrogen-bond donors (Lipinski definition) is 1. The highest BCUT2D eigenvalue weighted by atomic mass is 31.2. The number of para-hydroxylation sites is 1. The van der Waals surface area contributed by atoms with Gasteiger partial charge in [0, 0.05) is 19.9 Å². The molecule has 2 rings (SSSR count). The fraction of sp³-hybridized carbons (Fsp3) is 0.294. The molecule has 0 aliphatic rings. The number of nitrogens with one attached hydrogen (secondary N) is 1. The fourth-order valence-corrected chi connectivity index (χ4v) is 3.84. The third kappa shape index (κ3) is 3.41. The van der Waals surface area contributed by atoms with E-state index < -0.39 is 13.4 Å². The van der Waals surface area contributed by atoms with Crippen molar-refractivity contribution in [2.45, 2.75) is 19.6 Å². The highest BCUT2D eigenvalue weighted by molar-refractivity contribution is 7.54. The van der Waals surface area contributed by atoms with Crippen LogP contribution >= 0.6 is 7.60 Å². The maximum absolute atomic E-state index is 13.0. The van der Waals surface area contributed by atoms with E-state index in [1.165, 1.54) is 14.2 Å². The van der Waals surface area contributed by atoms with Crippen LogP contribution in [0.3, 0.4) is 0 Å². The smallest absolute Gasteiger partial charge is 0.356 e. The second-order valence-corrected chi connectivity index (χ2v) is 7.46. The van der Waals surface area contributed by atoms with Crippen LogP contribution in [0.15, 0.2) is 48.5 Å². The van der Waals surface area contributed by atoms with E-state index in [0.29, 0.717) is 0 Å². The van der Waals surface area contributed by atoms with Gasteiger partial charge in [0.1, 0.15) is 0 Å². The second kappa shape index (κ2) is 7.10. The highest BCUT2D eigenvalue weighted by Crippen LogP contribution is 2.59. The molecule has 0 saturated carbocycles. The van der Waals surface area contributed by atoms with Crippen LogP contribution in [0.2, 0.25) is 0 Å². The van der Waals surface area contributed by atoms with Crippen LogP contribution in [0.25, 0.3) is 0 Å². The zero-order chi connectivity index (χ0) is 16.2. The van der Waals surface area contributed by atoms with Crippen molar-refractivity contribution in [3.05, 3.63) is 65.2 Å². The summed E-state index contributed by atoms with van der Waals surface area (Å²) in [6.45, 7) is 4.03. The minimum absolute atomic E-state index is 0.566. The lowest BCUT2D eigenvalue weighted by atomic mass is 10.1. The van der Waals surface area contributed by atoms with Crippen molar-refractivity contribution in [2.75, 3.05) is 19.5 Å². The molecule has 0 fully saturated rings. The molecule has 0 bridgehead atoms. The van der Waals surface area contributed by atoms with Gasteiger partial charge in [0.2, 0.25) is 0 Å². The molecule has 0 radical (unpaired) electrons. The molecule has 4 nitrogen and oxygen atoms in total. The van der Waals surface area contributed by atoms with Gasteiger partial charge >= 0.3 is 7.60 Å². The minimum Gasteiger partial charge on any atom is -0.367 e. The van der Waals surface area contributed by atoms with Crippen LogP contribution in [0.1, 0.15) is 22.5 Å². The molecule has 22 heavy (non-hydrogen) atoms. The normalized spacial score (nSPS) is 12.9. The van der Waals surface area contributed by atoms with Gasteiger partial charge in [-0.3, -0.25) is 4.57 Å². The Morgan fingerprint density at radius 3 is 1.95 bits per heavy atom. The molecule has 0 aliphatic heterocycles. The van der Waals surface area contributed by atoms with Gasteiger partial charge in [-0.1, -0.05) is 48.5 Å². The Hall–Kier alpha value is -1.61. The van der Waals surface area contributed by atoms with Gasteiger partial charge in [-0.25, -0.2) is 0 Å². The molecule has 0 amide bonds. The molecule has 118 valence electrons. The highest BCUT2D eigenvalue weighted by Gasteiger charge is 2.35. The molecule has 2 aromatic rings. The van der Waals surface area contributed by atoms with E-state index in [-0.39, 0.29) is 0 Å². The summed E-state index contributed by atoms with van der Waals surface area (Å²) in [4.78, 5) is 0. The summed E-state index contributed by atoms with van der Waals surface area (Å²) in [6.07, 6.45) is 0. The maximum atomic E-state index is 13.0. The molecule has 0 saturated heterocycles. The van der Waals surface area contributed by atoms with E-state index in [1.807, 2.05) is 62.4 Å². The van der Waals surface area contributed by atoms with E-state index in [2.05, 4.69) is 5.32 Å². The van der Waals surface area contributed by atoms with Crippen LogP contribution in [-0.4, -0.2) is 14.2 Å². The lowest BCUT2D eigenvalue weighted by Crippen LogP contribution is -2.15. The second-order valence-electron chi connectivity index (χ2n) is 5.13. The van der Waals surface area contributed by atoms with Crippen LogP contribution in [0, 0.1) is 13.8 Å². The van der Waals surface area contributed by atoms with Gasteiger partial charge < -0.3 is 14.4 Å². The first-order chi connectivity index (χ1) is 10.5. The number of anilines is 1. The Labute approximate surface area is 132 Å². The van der Waals surface area contributed by atoms with Crippen molar-refractivity contribution >= 4 is 13.3 Å². The zero-order valence-electron chi connectivity index (χ0n) is 13.4. The summed E-state index contributed by atoms with van der Waals surface area (Å²) in [5, 5.41) is 3.36. The molecular weight excluding hydrogens is 297 g/mol. The molecule has 0 aromatic heterocycles. The van der Waals surface area contributed by atoms with Crippen LogP contribution in [-0.2, 0) is 13.6 Å². The van der Waals surface area contributed by atoms with E-state index in [0.717, 1.165) is 22.4 Å². The molecule has 1 unspecified atom stereocenters. The molecule has 0 heterocycles. The van der Waals surface area contributed by atoms with Crippen molar-refractivity contribution in [1.29, 1.82) is 0 Å². The summed E-state index contributed by atoms with van der Waals surface area (Å²) in [6, 6.07) is 15.6. The minimum atomic E-state index is -3.33. The molecule has 0 aliphatic carbocycles. The average molecular weight is 319 g/mol. The molecular formula is C17H22NO3P. The predicted octanol–water partition coefficient (Wildman–Crippen LogP) is 4.90. The fourth-order valence-electron chi connectivity index (χ4n) is 2.44. The molecule has 0 spiro atoms. The van der Waals surface area contributed by atoms with E-state index in [9.17, 15) is 4.57 Å².